The van der Waals surface area contributed by atoms with E-state index in [9.17, 15) is 9.59 Å². The van der Waals surface area contributed by atoms with Crippen molar-refractivity contribution in [3.8, 4) is 0 Å². The lowest BCUT2D eigenvalue weighted by Crippen LogP contribution is -2.30. The van der Waals surface area contributed by atoms with Crippen molar-refractivity contribution in [2.75, 3.05) is 6.54 Å². The number of hydrogen-bond donors (Lipinski definition) is 0. The molecule has 0 aromatic carbocycles. The molecule has 0 saturated heterocycles. The van der Waals surface area contributed by atoms with Crippen LogP contribution in [0.25, 0.3) is 0 Å². The van der Waals surface area contributed by atoms with Crippen molar-refractivity contribution < 1.29 is 9.59 Å². The van der Waals surface area contributed by atoms with Crippen molar-refractivity contribution in [3.63, 3.8) is 0 Å². The molecule has 0 bridgehead atoms. The van der Waals surface area contributed by atoms with Crippen LogP contribution >= 0.6 is 11.3 Å². The van der Waals surface area contributed by atoms with Crippen molar-refractivity contribution in [1.29, 1.82) is 0 Å². The summed E-state index contributed by atoms with van der Waals surface area (Å²) in [5, 5.41) is 1.81. The molecular weight excluding hydrogens is 246 g/mol. The maximum absolute atomic E-state index is 11.9. The van der Waals surface area contributed by atoms with Gasteiger partial charge in [-0.3, -0.25) is 14.5 Å². The molecular formula is C14H19NO2S. The van der Waals surface area contributed by atoms with E-state index in [0.29, 0.717) is 17.0 Å². The van der Waals surface area contributed by atoms with Crippen LogP contribution < -0.4 is 0 Å². The first-order chi connectivity index (χ1) is 8.75. The Morgan fingerprint density at radius 2 is 1.78 bits per heavy atom. The fourth-order valence-corrected chi connectivity index (χ4v) is 3.09. The second-order valence-corrected chi connectivity index (χ2v) is 5.61. The molecule has 0 saturated carbocycles. The summed E-state index contributed by atoms with van der Waals surface area (Å²) < 4.78 is 0. The fourth-order valence-electron chi connectivity index (χ4n) is 2.26. The minimum Gasteiger partial charge on any atom is -0.274 e. The zero-order chi connectivity index (χ0) is 13.0. The Balaban J connectivity index is 1.77. The van der Waals surface area contributed by atoms with Crippen LogP contribution in [0, 0.1) is 0 Å². The summed E-state index contributed by atoms with van der Waals surface area (Å²) in [6, 6.07) is 1.75. The SMILES string of the molecule is CCCCCCCCN1C(=O)c2ccsc2C1=O. The number of imide groups is 1. The number of carbonyl (C=O) groups excluding carboxylic acids is 2. The second kappa shape index (κ2) is 6.14. The predicted molar refractivity (Wildman–Crippen MR) is 73.1 cm³/mol. The van der Waals surface area contributed by atoms with Crippen LogP contribution in [0.2, 0.25) is 0 Å². The standard InChI is InChI=1S/C14H19NO2S/c1-2-3-4-5-6-7-9-15-13(16)11-8-10-18-12(11)14(15)17/h8,10H,2-7,9H2,1H3. The van der Waals surface area contributed by atoms with E-state index >= 15 is 0 Å². The van der Waals surface area contributed by atoms with Crippen molar-refractivity contribution >= 4 is 23.2 Å². The van der Waals surface area contributed by atoms with E-state index in [1.54, 1.807) is 6.07 Å². The molecule has 1 aliphatic heterocycles. The minimum atomic E-state index is -0.107. The van der Waals surface area contributed by atoms with E-state index in [4.69, 9.17) is 0 Å². The highest BCUT2D eigenvalue weighted by molar-refractivity contribution is 7.12. The number of nitrogens with zero attached hydrogens (tertiary/aromatic N) is 1. The summed E-state index contributed by atoms with van der Waals surface area (Å²) >= 11 is 1.37. The first-order valence-corrected chi connectivity index (χ1v) is 7.57. The average Bonchev–Trinajstić information content (AvgIpc) is 2.92. The smallest absolute Gasteiger partial charge is 0.271 e. The van der Waals surface area contributed by atoms with Crippen LogP contribution in [0.15, 0.2) is 11.4 Å². The molecule has 0 unspecified atom stereocenters. The monoisotopic (exact) mass is 265 g/mol. The third kappa shape index (κ3) is 2.64. The molecule has 98 valence electrons. The Labute approximate surface area is 112 Å². The van der Waals surface area contributed by atoms with Crippen molar-refractivity contribution in [2.24, 2.45) is 0 Å². The highest BCUT2D eigenvalue weighted by atomic mass is 32.1. The number of amides is 2. The van der Waals surface area contributed by atoms with Gasteiger partial charge in [-0.05, 0) is 17.9 Å². The van der Waals surface area contributed by atoms with Gasteiger partial charge in [-0.25, -0.2) is 0 Å². The molecule has 0 radical (unpaired) electrons. The summed E-state index contributed by atoms with van der Waals surface area (Å²) in [4.78, 5) is 25.9. The van der Waals surface area contributed by atoms with Gasteiger partial charge in [0, 0.05) is 6.54 Å². The molecule has 0 fully saturated rings. The average molecular weight is 265 g/mol. The molecule has 18 heavy (non-hydrogen) atoms. The molecule has 2 amide bonds. The molecule has 3 nitrogen and oxygen atoms in total. The topological polar surface area (TPSA) is 37.4 Å². The summed E-state index contributed by atoms with van der Waals surface area (Å²) in [6.07, 6.45) is 7.00. The molecule has 0 aliphatic carbocycles. The number of carbonyl (C=O) groups is 2. The Hall–Kier alpha value is -1.16. The van der Waals surface area contributed by atoms with Crippen LogP contribution in [0.1, 0.15) is 65.5 Å². The summed E-state index contributed by atoms with van der Waals surface area (Å²) in [5.41, 5.74) is 0.594. The van der Waals surface area contributed by atoms with Gasteiger partial charge in [-0.2, -0.15) is 0 Å². The minimum absolute atomic E-state index is 0.0986. The normalized spacial score (nSPS) is 14.4. The molecule has 4 heteroatoms. The predicted octanol–water partition coefficient (Wildman–Crippen LogP) is 3.70. The molecule has 1 aromatic rings. The highest BCUT2D eigenvalue weighted by Gasteiger charge is 2.35. The molecule has 2 heterocycles. The lowest BCUT2D eigenvalue weighted by Gasteiger charge is -2.13. The van der Waals surface area contributed by atoms with E-state index < -0.39 is 0 Å². The lowest BCUT2D eigenvalue weighted by molar-refractivity contribution is 0.0652. The first kappa shape index (κ1) is 13.3. The molecule has 0 N–H and O–H groups in total. The van der Waals surface area contributed by atoms with Gasteiger partial charge in [0.1, 0.15) is 4.88 Å². The van der Waals surface area contributed by atoms with Gasteiger partial charge in [0.15, 0.2) is 0 Å². The van der Waals surface area contributed by atoms with Crippen LogP contribution in [0.4, 0.5) is 0 Å². The van der Waals surface area contributed by atoms with Crippen LogP contribution in [0.3, 0.4) is 0 Å². The summed E-state index contributed by atoms with van der Waals surface area (Å²) in [6.45, 7) is 2.77. The quantitative estimate of drug-likeness (QED) is 0.557. The van der Waals surface area contributed by atoms with Gasteiger partial charge in [-0.1, -0.05) is 39.0 Å². The molecule has 0 atom stereocenters. The van der Waals surface area contributed by atoms with Gasteiger partial charge >= 0.3 is 0 Å². The fraction of sp³-hybridized carbons (Fsp3) is 0.571. The van der Waals surface area contributed by atoms with Crippen LogP contribution in [-0.2, 0) is 0 Å². The second-order valence-electron chi connectivity index (χ2n) is 4.69. The third-order valence-corrected chi connectivity index (χ3v) is 4.22. The van der Waals surface area contributed by atoms with Crippen LogP contribution in [0.5, 0.6) is 0 Å². The maximum atomic E-state index is 11.9. The molecule has 0 spiro atoms. The largest absolute Gasteiger partial charge is 0.274 e. The van der Waals surface area contributed by atoms with E-state index in [-0.39, 0.29) is 11.8 Å². The molecule has 2 rings (SSSR count). The molecule has 1 aliphatic rings. The number of hydrogen-bond acceptors (Lipinski definition) is 3. The Bertz CT molecular complexity index is 408. The van der Waals surface area contributed by atoms with Gasteiger partial charge < -0.3 is 0 Å². The number of thiophene rings is 1. The highest BCUT2D eigenvalue weighted by Crippen LogP contribution is 2.27. The Morgan fingerprint density at radius 1 is 1.06 bits per heavy atom. The van der Waals surface area contributed by atoms with E-state index in [1.807, 2.05) is 5.38 Å². The zero-order valence-electron chi connectivity index (χ0n) is 10.8. The van der Waals surface area contributed by atoms with Gasteiger partial charge in [0.25, 0.3) is 11.8 Å². The van der Waals surface area contributed by atoms with E-state index in [2.05, 4.69) is 6.92 Å². The van der Waals surface area contributed by atoms with E-state index in [0.717, 1.165) is 12.8 Å². The maximum Gasteiger partial charge on any atom is 0.271 e. The lowest BCUT2D eigenvalue weighted by atomic mass is 10.1. The third-order valence-electron chi connectivity index (χ3n) is 3.32. The summed E-state index contributed by atoms with van der Waals surface area (Å²) in [5.74, 6) is -0.205. The van der Waals surface area contributed by atoms with Crippen molar-refractivity contribution in [2.45, 2.75) is 45.4 Å². The van der Waals surface area contributed by atoms with Gasteiger partial charge in [0.05, 0.1) is 5.56 Å². The van der Waals surface area contributed by atoms with Crippen molar-refractivity contribution in [3.05, 3.63) is 21.9 Å². The Morgan fingerprint density at radius 3 is 2.50 bits per heavy atom. The number of fused-ring (bicyclic) bond motifs is 1. The van der Waals surface area contributed by atoms with Gasteiger partial charge in [-0.15, -0.1) is 11.3 Å². The van der Waals surface area contributed by atoms with E-state index in [1.165, 1.54) is 41.9 Å². The van der Waals surface area contributed by atoms with Gasteiger partial charge in [0.2, 0.25) is 0 Å². The summed E-state index contributed by atoms with van der Waals surface area (Å²) in [7, 11) is 0. The Kier molecular flexibility index (Phi) is 4.53. The molecule has 1 aromatic heterocycles. The van der Waals surface area contributed by atoms with Crippen LogP contribution in [-0.4, -0.2) is 23.3 Å². The van der Waals surface area contributed by atoms with Crippen molar-refractivity contribution in [1.82, 2.24) is 4.90 Å². The zero-order valence-corrected chi connectivity index (χ0v) is 11.6. The number of unbranched alkanes of at least 4 members (excludes halogenated alkanes) is 5. The number of rotatable bonds is 7. The first-order valence-electron chi connectivity index (χ1n) is 6.69.